The molecule has 3 amide bonds. The third kappa shape index (κ3) is 5.14. The Morgan fingerprint density at radius 3 is 2.26 bits per heavy atom. The fourth-order valence-electron chi connectivity index (χ4n) is 4.06. The van der Waals surface area contributed by atoms with Gasteiger partial charge in [0.15, 0.2) is 0 Å². The summed E-state index contributed by atoms with van der Waals surface area (Å²) in [4.78, 5) is 42.9. The Balaban J connectivity index is 1.33. The van der Waals surface area contributed by atoms with Crippen molar-refractivity contribution in [2.45, 2.75) is 18.9 Å². The number of benzene rings is 2. The van der Waals surface area contributed by atoms with Gasteiger partial charge in [0.2, 0.25) is 0 Å². The van der Waals surface area contributed by atoms with Gasteiger partial charge in [-0.2, -0.15) is 0 Å². The zero-order chi connectivity index (χ0) is 24.2. The second kappa shape index (κ2) is 9.86. The molecule has 0 spiro atoms. The number of piperidine rings is 1. The molecule has 1 aliphatic heterocycles. The molecule has 2 N–H and O–H groups in total. The first-order valence-corrected chi connectivity index (χ1v) is 10.9. The molecule has 0 radical (unpaired) electrons. The summed E-state index contributed by atoms with van der Waals surface area (Å²) in [5.74, 6) is -1.62. The number of urea groups is 1. The monoisotopic (exact) mass is 466 g/mol. The van der Waals surface area contributed by atoms with Crippen LogP contribution in [0.5, 0.6) is 0 Å². The summed E-state index contributed by atoms with van der Waals surface area (Å²) in [6.07, 6.45) is 2.66. The molecule has 4 rings (SSSR count). The standard InChI is InChI=1S/C25H24F2N4O3/c1-30(21-8-11-31(12-9-21)24(33)22-3-2-10-28-23(22)32)25(34)29-20-6-4-16(5-7-20)17-13-18(26)15-19(27)14-17/h2-7,10,13-15,21H,8-9,11-12H2,1H3,(H,28,32)(H,29,34). The minimum Gasteiger partial charge on any atom is -0.338 e. The van der Waals surface area contributed by atoms with Crippen LogP contribution in [0.1, 0.15) is 23.2 Å². The number of anilines is 1. The van der Waals surface area contributed by atoms with Gasteiger partial charge in [0.05, 0.1) is 0 Å². The van der Waals surface area contributed by atoms with Crippen molar-refractivity contribution in [1.29, 1.82) is 0 Å². The van der Waals surface area contributed by atoms with Crippen LogP contribution < -0.4 is 10.9 Å². The van der Waals surface area contributed by atoms with E-state index in [1.165, 1.54) is 24.4 Å². The van der Waals surface area contributed by atoms with Gasteiger partial charge >= 0.3 is 6.03 Å². The number of pyridine rings is 1. The average Bonchev–Trinajstić information content (AvgIpc) is 2.83. The summed E-state index contributed by atoms with van der Waals surface area (Å²) in [5.41, 5.74) is 1.27. The molecule has 3 aromatic rings. The van der Waals surface area contributed by atoms with Gasteiger partial charge in [-0.05, 0) is 60.4 Å². The molecule has 7 nitrogen and oxygen atoms in total. The highest BCUT2D eigenvalue weighted by atomic mass is 19.1. The summed E-state index contributed by atoms with van der Waals surface area (Å²) in [6.45, 7) is 0.878. The molecule has 0 unspecified atom stereocenters. The maximum Gasteiger partial charge on any atom is 0.321 e. The van der Waals surface area contributed by atoms with Crippen molar-refractivity contribution >= 4 is 17.6 Å². The molecule has 1 saturated heterocycles. The zero-order valence-corrected chi connectivity index (χ0v) is 18.6. The van der Waals surface area contributed by atoms with Crippen LogP contribution in [0.2, 0.25) is 0 Å². The quantitative estimate of drug-likeness (QED) is 0.608. The molecular weight excluding hydrogens is 442 g/mol. The number of nitrogens with zero attached hydrogens (tertiary/aromatic N) is 2. The summed E-state index contributed by atoms with van der Waals surface area (Å²) < 4.78 is 26.9. The lowest BCUT2D eigenvalue weighted by atomic mass is 10.0. The predicted molar refractivity (Wildman–Crippen MR) is 125 cm³/mol. The maximum absolute atomic E-state index is 13.5. The smallest absolute Gasteiger partial charge is 0.321 e. The number of amides is 3. The SMILES string of the molecule is CN(C(=O)Nc1ccc(-c2cc(F)cc(F)c2)cc1)C1CCN(C(=O)c2ccc[nH]c2=O)CC1. The largest absolute Gasteiger partial charge is 0.338 e. The first-order valence-electron chi connectivity index (χ1n) is 10.9. The van der Waals surface area contributed by atoms with E-state index in [0.717, 1.165) is 6.07 Å². The van der Waals surface area contributed by atoms with Crippen molar-refractivity contribution in [2.24, 2.45) is 0 Å². The molecular formula is C25H24F2N4O3. The topological polar surface area (TPSA) is 85.5 Å². The number of likely N-dealkylation sites (tertiary alicyclic amines) is 1. The molecule has 0 bridgehead atoms. The highest BCUT2D eigenvalue weighted by Gasteiger charge is 2.28. The third-order valence-electron chi connectivity index (χ3n) is 6.00. The first kappa shape index (κ1) is 23.2. The molecule has 9 heteroatoms. The fourth-order valence-corrected chi connectivity index (χ4v) is 4.06. The van der Waals surface area contributed by atoms with Crippen LogP contribution in [-0.4, -0.2) is 52.9 Å². The lowest BCUT2D eigenvalue weighted by molar-refractivity contribution is 0.0669. The number of carbonyl (C=O) groups excluding carboxylic acids is 2. The minimum absolute atomic E-state index is 0.0624. The van der Waals surface area contributed by atoms with E-state index in [2.05, 4.69) is 10.3 Å². The lowest BCUT2D eigenvalue weighted by Crippen LogP contribution is -2.48. The Morgan fingerprint density at radius 2 is 1.65 bits per heavy atom. The summed E-state index contributed by atoms with van der Waals surface area (Å²) >= 11 is 0. The van der Waals surface area contributed by atoms with Crippen LogP contribution >= 0.6 is 0 Å². The maximum atomic E-state index is 13.5. The number of hydrogen-bond donors (Lipinski definition) is 2. The van der Waals surface area contributed by atoms with E-state index in [1.807, 2.05) is 0 Å². The first-order chi connectivity index (χ1) is 16.3. The van der Waals surface area contributed by atoms with Crippen molar-refractivity contribution in [2.75, 3.05) is 25.5 Å². The number of aromatic nitrogens is 1. The van der Waals surface area contributed by atoms with Crippen LogP contribution in [0.4, 0.5) is 19.3 Å². The van der Waals surface area contributed by atoms with Crippen LogP contribution in [0.3, 0.4) is 0 Å². The predicted octanol–water partition coefficient (Wildman–Crippen LogP) is 4.09. The molecule has 2 aromatic carbocycles. The normalized spacial score (nSPS) is 14.0. The van der Waals surface area contributed by atoms with Crippen molar-refractivity contribution < 1.29 is 18.4 Å². The Kier molecular flexibility index (Phi) is 6.72. The molecule has 2 heterocycles. The van der Waals surface area contributed by atoms with E-state index in [0.29, 0.717) is 42.7 Å². The van der Waals surface area contributed by atoms with Gasteiger partial charge in [-0.25, -0.2) is 13.6 Å². The van der Waals surface area contributed by atoms with Crippen LogP contribution in [0.25, 0.3) is 11.1 Å². The molecule has 0 aliphatic carbocycles. The number of aromatic amines is 1. The van der Waals surface area contributed by atoms with Gasteiger partial charge in [-0.15, -0.1) is 0 Å². The van der Waals surface area contributed by atoms with Gasteiger partial charge in [0, 0.05) is 44.1 Å². The highest BCUT2D eigenvalue weighted by Crippen LogP contribution is 2.24. The molecule has 1 aliphatic rings. The minimum atomic E-state index is -0.655. The number of halogens is 2. The van der Waals surface area contributed by atoms with Crippen LogP contribution in [-0.2, 0) is 0 Å². The number of H-pyrrole nitrogens is 1. The Labute approximate surface area is 195 Å². The van der Waals surface area contributed by atoms with Crippen molar-refractivity contribution in [3.63, 3.8) is 0 Å². The second-order valence-electron chi connectivity index (χ2n) is 8.21. The van der Waals surface area contributed by atoms with Crippen molar-refractivity contribution in [3.8, 4) is 11.1 Å². The molecule has 0 atom stereocenters. The Morgan fingerprint density at radius 1 is 1.00 bits per heavy atom. The van der Waals surface area contributed by atoms with Gasteiger partial charge in [0.25, 0.3) is 11.5 Å². The van der Waals surface area contributed by atoms with E-state index in [1.54, 1.807) is 47.2 Å². The number of carbonyl (C=O) groups is 2. The van der Waals surface area contributed by atoms with Crippen molar-refractivity contribution in [3.05, 3.63) is 88.3 Å². The van der Waals surface area contributed by atoms with E-state index >= 15 is 0 Å². The molecule has 34 heavy (non-hydrogen) atoms. The van der Waals surface area contributed by atoms with Gasteiger partial charge in [-0.1, -0.05) is 12.1 Å². The van der Waals surface area contributed by atoms with E-state index in [9.17, 15) is 23.2 Å². The van der Waals surface area contributed by atoms with Crippen molar-refractivity contribution in [1.82, 2.24) is 14.8 Å². The van der Waals surface area contributed by atoms with E-state index < -0.39 is 17.2 Å². The Bertz CT molecular complexity index is 1230. The zero-order valence-electron chi connectivity index (χ0n) is 18.6. The summed E-state index contributed by atoms with van der Waals surface area (Å²) in [5, 5.41) is 2.82. The third-order valence-corrected chi connectivity index (χ3v) is 6.00. The second-order valence-corrected chi connectivity index (χ2v) is 8.21. The molecule has 0 saturated carbocycles. The van der Waals surface area contributed by atoms with Gasteiger partial charge in [0.1, 0.15) is 17.2 Å². The van der Waals surface area contributed by atoms with Gasteiger partial charge < -0.3 is 20.1 Å². The van der Waals surface area contributed by atoms with Crippen LogP contribution in [0, 0.1) is 11.6 Å². The molecule has 176 valence electrons. The summed E-state index contributed by atoms with van der Waals surface area (Å²) in [7, 11) is 1.70. The molecule has 1 aromatic heterocycles. The van der Waals surface area contributed by atoms with E-state index in [-0.39, 0.29) is 23.5 Å². The fraction of sp³-hybridized carbons (Fsp3) is 0.240. The average molecular weight is 466 g/mol. The highest BCUT2D eigenvalue weighted by molar-refractivity contribution is 5.94. The number of hydrogen-bond acceptors (Lipinski definition) is 3. The Hall–Kier alpha value is -4.01. The van der Waals surface area contributed by atoms with Gasteiger partial charge in [-0.3, -0.25) is 9.59 Å². The number of nitrogens with one attached hydrogen (secondary N) is 2. The summed E-state index contributed by atoms with van der Waals surface area (Å²) in [6, 6.07) is 12.8. The molecule has 1 fully saturated rings. The van der Waals surface area contributed by atoms with E-state index in [4.69, 9.17) is 0 Å². The number of rotatable bonds is 4. The lowest BCUT2D eigenvalue weighted by Gasteiger charge is -2.36. The van der Waals surface area contributed by atoms with Crippen LogP contribution in [0.15, 0.2) is 65.6 Å².